The van der Waals surface area contributed by atoms with E-state index < -0.39 is 12.1 Å². The van der Waals surface area contributed by atoms with E-state index in [2.05, 4.69) is 16.4 Å². The number of amides is 2. The zero-order valence-corrected chi connectivity index (χ0v) is 14.9. The molecule has 2 amide bonds. The average Bonchev–Trinajstić information content (AvgIpc) is 3.05. The van der Waals surface area contributed by atoms with Crippen molar-refractivity contribution in [2.45, 2.75) is 18.9 Å². The fraction of sp³-hybridized carbons (Fsp3) is 0.238. The molecule has 138 valence electrons. The number of nitrogens with one attached hydrogen (secondary N) is 2. The van der Waals surface area contributed by atoms with Crippen molar-refractivity contribution in [3.05, 3.63) is 66.4 Å². The van der Waals surface area contributed by atoms with Gasteiger partial charge in [-0.05, 0) is 36.6 Å². The normalized spacial score (nSPS) is 16.0. The highest BCUT2D eigenvalue weighted by Crippen LogP contribution is 2.21. The van der Waals surface area contributed by atoms with Crippen LogP contribution in [0, 0.1) is 0 Å². The number of rotatable bonds is 5. The second-order valence-electron chi connectivity index (χ2n) is 6.58. The fourth-order valence-corrected chi connectivity index (χ4v) is 3.30. The number of aromatic nitrogens is 1. The molecule has 6 nitrogen and oxygen atoms in total. The number of para-hydroxylation sites is 2. The van der Waals surface area contributed by atoms with Crippen molar-refractivity contribution in [1.29, 1.82) is 0 Å². The van der Waals surface area contributed by atoms with Crippen LogP contribution in [0.5, 0.6) is 5.75 Å². The maximum absolute atomic E-state index is 12.4. The molecular formula is C21H21N3O3. The third-order valence-electron chi connectivity index (χ3n) is 4.87. The first kappa shape index (κ1) is 17.1. The summed E-state index contributed by atoms with van der Waals surface area (Å²) in [6.07, 6.45) is 2.88. The first-order valence-corrected chi connectivity index (χ1v) is 9.08. The number of fused-ring (bicyclic) bond motifs is 1. The summed E-state index contributed by atoms with van der Waals surface area (Å²) in [5, 5.41) is 4.10. The van der Waals surface area contributed by atoms with Gasteiger partial charge in [-0.15, -0.1) is 0 Å². The SMILES string of the molecule is O=C(NCCc1c[nH]c2ccccc12)C1CCN1C(=O)Oc1ccccc1. The van der Waals surface area contributed by atoms with Crippen molar-refractivity contribution in [2.24, 2.45) is 0 Å². The van der Waals surface area contributed by atoms with Gasteiger partial charge in [-0.2, -0.15) is 0 Å². The number of aromatic amines is 1. The molecule has 27 heavy (non-hydrogen) atoms. The highest BCUT2D eigenvalue weighted by Gasteiger charge is 2.38. The Bertz CT molecular complexity index is 951. The van der Waals surface area contributed by atoms with Crippen LogP contribution in [0.15, 0.2) is 60.8 Å². The molecule has 1 aliphatic rings. The van der Waals surface area contributed by atoms with Crippen molar-refractivity contribution < 1.29 is 14.3 Å². The molecule has 1 aromatic heterocycles. The van der Waals surface area contributed by atoms with Crippen LogP contribution < -0.4 is 10.1 Å². The van der Waals surface area contributed by atoms with Crippen molar-refractivity contribution in [3.63, 3.8) is 0 Å². The number of ether oxygens (including phenoxy) is 1. The van der Waals surface area contributed by atoms with Crippen LogP contribution in [-0.4, -0.2) is 41.0 Å². The number of H-pyrrole nitrogens is 1. The molecule has 0 radical (unpaired) electrons. The van der Waals surface area contributed by atoms with E-state index >= 15 is 0 Å². The van der Waals surface area contributed by atoms with Gasteiger partial charge in [0.05, 0.1) is 0 Å². The van der Waals surface area contributed by atoms with Gasteiger partial charge in [0.15, 0.2) is 0 Å². The van der Waals surface area contributed by atoms with Gasteiger partial charge in [0, 0.05) is 30.2 Å². The third-order valence-corrected chi connectivity index (χ3v) is 4.87. The maximum Gasteiger partial charge on any atom is 0.415 e. The van der Waals surface area contributed by atoms with E-state index in [0.717, 1.165) is 11.9 Å². The number of carbonyl (C=O) groups is 2. The second-order valence-corrected chi connectivity index (χ2v) is 6.58. The van der Waals surface area contributed by atoms with Crippen molar-refractivity contribution >= 4 is 22.9 Å². The summed E-state index contributed by atoms with van der Waals surface area (Å²) in [6, 6.07) is 16.5. The minimum atomic E-state index is -0.482. The summed E-state index contributed by atoms with van der Waals surface area (Å²) in [4.78, 5) is 29.4. The van der Waals surface area contributed by atoms with E-state index in [1.165, 1.54) is 15.8 Å². The summed E-state index contributed by atoms with van der Waals surface area (Å²) in [7, 11) is 0. The predicted octanol–water partition coefficient (Wildman–Crippen LogP) is 3.10. The quantitative estimate of drug-likeness (QED) is 0.731. The molecule has 1 unspecified atom stereocenters. The minimum Gasteiger partial charge on any atom is -0.410 e. The third kappa shape index (κ3) is 3.65. The standard InChI is InChI=1S/C21H21N3O3/c25-20(22-12-10-15-14-23-18-9-5-4-8-17(15)18)19-11-13-24(19)21(26)27-16-6-2-1-3-7-16/h1-9,14,19,23H,10-13H2,(H,22,25). The van der Waals surface area contributed by atoms with Crippen LogP contribution in [0.3, 0.4) is 0 Å². The van der Waals surface area contributed by atoms with Crippen LogP contribution >= 0.6 is 0 Å². The molecular weight excluding hydrogens is 342 g/mol. The number of hydrogen-bond donors (Lipinski definition) is 2. The lowest BCUT2D eigenvalue weighted by Gasteiger charge is -2.38. The number of hydrogen-bond acceptors (Lipinski definition) is 3. The lowest BCUT2D eigenvalue weighted by molar-refractivity contribution is -0.129. The van der Waals surface area contributed by atoms with Gasteiger partial charge < -0.3 is 15.0 Å². The Morgan fingerprint density at radius 1 is 1.11 bits per heavy atom. The van der Waals surface area contributed by atoms with Gasteiger partial charge in [-0.3, -0.25) is 9.69 Å². The maximum atomic E-state index is 12.4. The van der Waals surface area contributed by atoms with Crippen molar-refractivity contribution in [3.8, 4) is 5.75 Å². The molecule has 0 spiro atoms. The van der Waals surface area contributed by atoms with Gasteiger partial charge in [0.1, 0.15) is 11.8 Å². The highest BCUT2D eigenvalue weighted by molar-refractivity contribution is 5.88. The molecule has 2 N–H and O–H groups in total. The fourth-order valence-electron chi connectivity index (χ4n) is 3.30. The Labute approximate surface area is 157 Å². The Balaban J connectivity index is 1.29. The molecule has 1 atom stereocenters. The van der Waals surface area contributed by atoms with Crippen molar-refractivity contribution in [2.75, 3.05) is 13.1 Å². The first-order chi connectivity index (χ1) is 13.2. The van der Waals surface area contributed by atoms with Crippen LogP contribution in [0.1, 0.15) is 12.0 Å². The zero-order chi connectivity index (χ0) is 18.6. The van der Waals surface area contributed by atoms with E-state index in [1.807, 2.05) is 30.5 Å². The predicted molar refractivity (Wildman–Crippen MR) is 103 cm³/mol. The minimum absolute atomic E-state index is 0.133. The monoisotopic (exact) mass is 363 g/mol. The molecule has 6 heteroatoms. The molecule has 4 rings (SSSR count). The number of benzene rings is 2. The topological polar surface area (TPSA) is 74.4 Å². The molecule has 3 aromatic rings. The van der Waals surface area contributed by atoms with Gasteiger partial charge in [0.2, 0.25) is 5.91 Å². The van der Waals surface area contributed by atoms with Crippen LogP contribution in [0.4, 0.5) is 4.79 Å². The van der Waals surface area contributed by atoms with Crippen LogP contribution in [0.25, 0.3) is 10.9 Å². The largest absolute Gasteiger partial charge is 0.415 e. The molecule has 1 aliphatic heterocycles. The molecule has 2 aromatic carbocycles. The molecule has 2 heterocycles. The molecule has 1 fully saturated rings. The Morgan fingerprint density at radius 3 is 2.67 bits per heavy atom. The Kier molecular flexibility index (Phi) is 4.78. The molecule has 0 aliphatic carbocycles. The first-order valence-electron chi connectivity index (χ1n) is 9.08. The zero-order valence-electron chi connectivity index (χ0n) is 14.9. The van der Waals surface area contributed by atoms with E-state index in [4.69, 9.17) is 4.74 Å². The second kappa shape index (κ2) is 7.53. The van der Waals surface area contributed by atoms with E-state index in [9.17, 15) is 9.59 Å². The lowest BCUT2D eigenvalue weighted by Crippen LogP contribution is -2.59. The van der Waals surface area contributed by atoms with E-state index in [1.54, 1.807) is 24.3 Å². The highest BCUT2D eigenvalue weighted by atomic mass is 16.6. The number of nitrogens with zero attached hydrogens (tertiary/aromatic N) is 1. The summed E-state index contributed by atoms with van der Waals surface area (Å²) >= 11 is 0. The van der Waals surface area contributed by atoms with E-state index in [0.29, 0.717) is 25.3 Å². The summed E-state index contributed by atoms with van der Waals surface area (Å²) in [5.41, 5.74) is 2.26. The van der Waals surface area contributed by atoms with Crippen LogP contribution in [-0.2, 0) is 11.2 Å². The lowest BCUT2D eigenvalue weighted by atomic mass is 10.0. The Morgan fingerprint density at radius 2 is 1.89 bits per heavy atom. The molecule has 1 saturated heterocycles. The Hall–Kier alpha value is -3.28. The number of likely N-dealkylation sites (tertiary alicyclic amines) is 1. The average molecular weight is 363 g/mol. The van der Waals surface area contributed by atoms with Gasteiger partial charge in [-0.1, -0.05) is 36.4 Å². The summed E-state index contributed by atoms with van der Waals surface area (Å²) in [5.74, 6) is 0.346. The van der Waals surface area contributed by atoms with Gasteiger partial charge in [0.25, 0.3) is 0 Å². The molecule has 0 bridgehead atoms. The van der Waals surface area contributed by atoms with Crippen molar-refractivity contribution in [1.82, 2.24) is 15.2 Å². The summed E-state index contributed by atoms with van der Waals surface area (Å²) < 4.78 is 5.31. The molecule has 0 saturated carbocycles. The summed E-state index contributed by atoms with van der Waals surface area (Å²) in [6.45, 7) is 1.06. The van der Waals surface area contributed by atoms with E-state index in [-0.39, 0.29) is 5.91 Å². The van der Waals surface area contributed by atoms with Crippen LogP contribution in [0.2, 0.25) is 0 Å². The van der Waals surface area contributed by atoms with Gasteiger partial charge in [-0.25, -0.2) is 4.79 Å². The number of carbonyl (C=O) groups excluding carboxylic acids is 2. The smallest absolute Gasteiger partial charge is 0.410 e. The van der Waals surface area contributed by atoms with Gasteiger partial charge >= 0.3 is 6.09 Å².